The normalized spacial score (nSPS) is 17.7. The Hall–Kier alpha value is -1.47. The Morgan fingerprint density at radius 2 is 1.79 bits per heavy atom. The van der Waals surface area contributed by atoms with Gasteiger partial charge in [0, 0.05) is 0 Å². The van der Waals surface area contributed by atoms with Crippen LogP contribution in [0, 0.1) is 5.92 Å². The summed E-state index contributed by atoms with van der Waals surface area (Å²) in [6, 6.07) is 0. The number of nitrogens with zero attached hydrogens (tertiary/aromatic N) is 4. The van der Waals surface area contributed by atoms with E-state index in [-0.39, 0.29) is 11.9 Å². The lowest BCUT2D eigenvalue weighted by atomic mass is 9.93. The van der Waals surface area contributed by atoms with Crippen molar-refractivity contribution < 1.29 is 0 Å². The third-order valence-electron chi connectivity index (χ3n) is 3.59. The number of anilines is 2. The highest BCUT2D eigenvalue weighted by Crippen LogP contribution is 2.20. The van der Waals surface area contributed by atoms with Crippen LogP contribution in [0.2, 0.25) is 0 Å². The fourth-order valence-electron chi connectivity index (χ4n) is 2.51. The highest BCUT2D eigenvalue weighted by Gasteiger charge is 2.19. The molecule has 0 radical (unpaired) electrons. The predicted molar refractivity (Wildman–Crippen MR) is 75.2 cm³/mol. The first-order valence-electron chi connectivity index (χ1n) is 6.80. The number of hydrogen-bond donors (Lipinski definition) is 3. The summed E-state index contributed by atoms with van der Waals surface area (Å²) in [7, 11) is 2.00. The van der Waals surface area contributed by atoms with Crippen LogP contribution in [0.25, 0.3) is 0 Å². The van der Waals surface area contributed by atoms with Crippen LogP contribution in [0.3, 0.4) is 0 Å². The zero-order valence-corrected chi connectivity index (χ0v) is 11.5. The van der Waals surface area contributed by atoms with Crippen LogP contribution in [-0.2, 0) is 6.54 Å². The van der Waals surface area contributed by atoms with Crippen molar-refractivity contribution in [2.24, 2.45) is 5.92 Å². The van der Waals surface area contributed by atoms with Crippen molar-refractivity contribution in [3.63, 3.8) is 0 Å². The molecule has 1 saturated heterocycles. The van der Waals surface area contributed by atoms with Gasteiger partial charge in [0.2, 0.25) is 11.9 Å². The molecule has 106 valence electrons. The second kappa shape index (κ2) is 6.63. The van der Waals surface area contributed by atoms with Crippen LogP contribution in [0.5, 0.6) is 0 Å². The van der Waals surface area contributed by atoms with Gasteiger partial charge in [0.05, 0.1) is 6.54 Å². The van der Waals surface area contributed by atoms with Gasteiger partial charge in [-0.2, -0.15) is 15.0 Å². The first-order valence-corrected chi connectivity index (χ1v) is 6.80. The number of likely N-dealkylation sites (tertiary alicyclic amines) is 1. The average molecular weight is 265 g/mol. The minimum Gasteiger partial charge on any atom is -0.368 e. The van der Waals surface area contributed by atoms with Crippen LogP contribution in [-0.4, -0.2) is 46.5 Å². The molecule has 1 aliphatic rings. The van der Waals surface area contributed by atoms with Crippen molar-refractivity contribution in [3.8, 4) is 0 Å². The van der Waals surface area contributed by atoms with Gasteiger partial charge in [-0.1, -0.05) is 0 Å². The summed E-state index contributed by atoms with van der Waals surface area (Å²) in [5, 5.41) is 3.21. The molecule has 0 unspecified atom stereocenters. The predicted octanol–water partition coefficient (Wildman–Crippen LogP) is -0.142. The van der Waals surface area contributed by atoms with Crippen LogP contribution in [0.1, 0.15) is 25.1 Å². The molecule has 0 amide bonds. The van der Waals surface area contributed by atoms with Crippen molar-refractivity contribution >= 4 is 11.9 Å². The van der Waals surface area contributed by atoms with Crippen LogP contribution in [0.15, 0.2) is 0 Å². The largest absolute Gasteiger partial charge is 0.368 e. The van der Waals surface area contributed by atoms with E-state index in [2.05, 4.69) is 25.2 Å². The SMILES string of the molecule is CNCCC1CCN(Cc2nc(N)nc(N)n2)CC1. The number of nitrogens with one attached hydrogen (secondary N) is 1. The van der Waals surface area contributed by atoms with E-state index in [0.29, 0.717) is 12.4 Å². The number of hydrogen-bond acceptors (Lipinski definition) is 7. The quantitative estimate of drug-likeness (QED) is 0.680. The maximum absolute atomic E-state index is 5.57. The minimum absolute atomic E-state index is 0.200. The lowest BCUT2D eigenvalue weighted by molar-refractivity contribution is 0.169. The molecule has 1 fully saturated rings. The average Bonchev–Trinajstić information content (AvgIpc) is 2.37. The highest BCUT2D eigenvalue weighted by atomic mass is 15.2. The fraction of sp³-hybridized carbons (Fsp3) is 0.750. The molecule has 19 heavy (non-hydrogen) atoms. The number of aromatic nitrogens is 3. The Labute approximate surface area is 113 Å². The van der Waals surface area contributed by atoms with E-state index in [1.807, 2.05) is 7.05 Å². The Kier molecular flexibility index (Phi) is 4.86. The molecular formula is C12H23N7. The van der Waals surface area contributed by atoms with Crippen LogP contribution < -0.4 is 16.8 Å². The van der Waals surface area contributed by atoms with Gasteiger partial charge in [-0.25, -0.2) is 0 Å². The maximum Gasteiger partial charge on any atom is 0.225 e. The summed E-state index contributed by atoms with van der Waals surface area (Å²) in [5.74, 6) is 1.90. The molecule has 0 atom stereocenters. The molecule has 2 rings (SSSR count). The van der Waals surface area contributed by atoms with Crippen molar-refractivity contribution in [3.05, 3.63) is 5.82 Å². The molecule has 1 aliphatic heterocycles. The van der Waals surface area contributed by atoms with E-state index in [1.165, 1.54) is 19.3 Å². The van der Waals surface area contributed by atoms with E-state index in [0.717, 1.165) is 25.6 Å². The fourth-order valence-corrected chi connectivity index (χ4v) is 2.51. The van der Waals surface area contributed by atoms with Crippen molar-refractivity contribution in [1.29, 1.82) is 0 Å². The third-order valence-corrected chi connectivity index (χ3v) is 3.59. The first kappa shape index (κ1) is 14.0. The lowest BCUT2D eigenvalue weighted by Gasteiger charge is -2.31. The maximum atomic E-state index is 5.57. The van der Waals surface area contributed by atoms with E-state index in [9.17, 15) is 0 Å². The van der Waals surface area contributed by atoms with E-state index < -0.39 is 0 Å². The van der Waals surface area contributed by atoms with Gasteiger partial charge < -0.3 is 16.8 Å². The molecule has 1 aromatic heterocycles. The topological polar surface area (TPSA) is 106 Å². The number of nitrogens with two attached hydrogens (primary N) is 2. The summed E-state index contributed by atoms with van der Waals surface area (Å²) < 4.78 is 0. The first-order chi connectivity index (χ1) is 9.17. The Bertz CT molecular complexity index is 381. The number of rotatable bonds is 5. The van der Waals surface area contributed by atoms with Crippen molar-refractivity contribution in [1.82, 2.24) is 25.2 Å². The van der Waals surface area contributed by atoms with Gasteiger partial charge in [-0.15, -0.1) is 0 Å². The molecule has 0 saturated carbocycles. The van der Waals surface area contributed by atoms with E-state index >= 15 is 0 Å². The highest BCUT2D eigenvalue weighted by molar-refractivity contribution is 5.25. The molecule has 5 N–H and O–H groups in total. The minimum atomic E-state index is 0.200. The zero-order chi connectivity index (χ0) is 13.7. The summed E-state index contributed by atoms with van der Waals surface area (Å²) in [6.45, 7) is 3.97. The molecule has 7 nitrogen and oxygen atoms in total. The van der Waals surface area contributed by atoms with Gasteiger partial charge in [0.25, 0.3) is 0 Å². The van der Waals surface area contributed by atoms with E-state index in [1.54, 1.807) is 0 Å². The second-order valence-corrected chi connectivity index (χ2v) is 5.08. The lowest BCUT2D eigenvalue weighted by Crippen LogP contribution is -2.34. The summed E-state index contributed by atoms with van der Waals surface area (Å²) in [5.41, 5.74) is 11.1. The second-order valence-electron chi connectivity index (χ2n) is 5.08. The Morgan fingerprint density at radius 3 is 2.37 bits per heavy atom. The standard InChI is InChI=1S/C12H23N7/c1-15-5-2-9-3-6-19(7-4-9)8-10-16-11(13)18-12(14)17-10/h9,15H,2-8H2,1H3,(H4,13,14,16,17,18). The van der Waals surface area contributed by atoms with Gasteiger partial charge in [-0.05, 0) is 51.9 Å². The Balaban J connectivity index is 1.82. The molecule has 0 aliphatic carbocycles. The van der Waals surface area contributed by atoms with Crippen LogP contribution >= 0.6 is 0 Å². The molecule has 1 aromatic rings. The molecule has 2 heterocycles. The van der Waals surface area contributed by atoms with Gasteiger partial charge in [0.1, 0.15) is 5.82 Å². The van der Waals surface area contributed by atoms with Crippen molar-refractivity contribution in [2.45, 2.75) is 25.8 Å². The third kappa shape index (κ3) is 4.29. The summed E-state index contributed by atoms with van der Waals surface area (Å²) >= 11 is 0. The van der Waals surface area contributed by atoms with Gasteiger partial charge >= 0.3 is 0 Å². The molecule has 0 aromatic carbocycles. The molecule has 0 spiro atoms. The smallest absolute Gasteiger partial charge is 0.225 e. The summed E-state index contributed by atoms with van der Waals surface area (Å²) in [6.07, 6.45) is 3.73. The Morgan fingerprint density at radius 1 is 1.16 bits per heavy atom. The van der Waals surface area contributed by atoms with E-state index in [4.69, 9.17) is 11.5 Å². The molecule has 7 heteroatoms. The monoisotopic (exact) mass is 265 g/mol. The van der Waals surface area contributed by atoms with Crippen LogP contribution in [0.4, 0.5) is 11.9 Å². The molecule has 0 bridgehead atoms. The van der Waals surface area contributed by atoms with Gasteiger partial charge in [-0.3, -0.25) is 4.90 Å². The summed E-state index contributed by atoms with van der Waals surface area (Å²) in [4.78, 5) is 14.4. The number of piperidine rings is 1. The van der Waals surface area contributed by atoms with Crippen molar-refractivity contribution in [2.75, 3.05) is 38.1 Å². The zero-order valence-electron chi connectivity index (χ0n) is 11.5. The van der Waals surface area contributed by atoms with Gasteiger partial charge in [0.15, 0.2) is 0 Å². The molecular weight excluding hydrogens is 242 g/mol. The number of nitrogen functional groups attached to an aromatic ring is 2.